The monoisotopic (exact) mass is 345 g/mol. The minimum absolute atomic E-state index is 0.195. The fourth-order valence-electron chi connectivity index (χ4n) is 2.95. The molecule has 7 heteroatoms. The third-order valence-corrected chi connectivity index (χ3v) is 4.29. The second kappa shape index (κ2) is 8.62. The Labute approximate surface area is 146 Å². The molecule has 1 aromatic carbocycles. The van der Waals surface area contributed by atoms with Gasteiger partial charge < -0.3 is 19.3 Å². The number of hydrogen-bond acceptors (Lipinski definition) is 7. The van der Waals surface area contributed by atoms with E-state index in [-0.39, 0.29) is 6.61 Å². The van der Waals surface area contributed by atoms with Gasteiger partial charge in [-0.3, -0.25) is 0 Å². The van der Waals surface area contributed by atoms with Crippen LogP contribution in [0.2, 0.25) is 0 Å². The molecular formula is C18H23N3O4. The molecule has 1 saturated heterocycles. The number of carbonyl (C=O) groups is 1. The van der Waals surface area contributed by atoms with Gasteiger partial charge >= 0.3 is 5.97 Å². The van der Waals surface area contributed by atoms with Gasteiger partial charge in [0.2, 0.25) is 11.7 Å². The van der Waals surface area contributed by atoms with Gasteiger partial charge in [-0.25, -0.2) is 4.79 Å². The van der Waals surface area contributed by atoms with Crippen molar-refractivity contribution in [3.05, 3.63) is 41.5 Å². The minimum Gasteiger partial charge on any atom is -0.485 e. The van der Waals surface area contributed by atoms with Crippen LogP contribution in [0, 0.1) is 5.92 Å². The number of carbonyl (C=O) groups excluding carboxylic acids is 1. The molecular weight excluding hydrogens is 322 g/mol. The molecule has 7 nitrogen and oxygen atoms in total. The normalized spacial score (nSPS) is 17.7. The molecule has 1 N–H and O–H groups in total. The Hall–Kier alpha value is -2.41. The first-order chi connectivity index (χ1) is 12.2. The highest BCUT2D eigenvalue weighted by Crippen LogP contribution is 2.19. The quantitative estimate of drug-likeness (QED) is 0.804. The van der Waals surface area contributed by atoms with Gasteiger partial charge in [0.1, 0.15) is 5.75 Å². The number of nitrogens with zero attached hydrogens (tertiary/aromatic N) is 2. The molecule has 2 aromatic rings. The Morgan fingerprint density at radius 1 is 1.36 bits per heavy atom. The van der Waals surface area contributed by atoms with Crippen molar-refractivity contribution in [2.24, 2.45) is 5.92 Å². The number of rotatable bonds is 6. The van der Waals surface area contributed by atoms with Gasteiger partial charge in [-0.15, -0.1) is 0 Å². The Morgan fingerprint density at radius 3 is 3.16 bits per heavy atom. The molecule has 1 fully saturated rings. The average Bonchev–Trinajstić information content (AvgIpc) is 2.93. The van der Waals surface area contributed by atoms with Crippen molar-refractivity contribution < 1.29 is 18.8 Å². The zero-order valence-electron chi connectivity index (χ0n) is 14.4. The molecule has 2 heterocycles. The number of esters is 1. The molecule has 0 bridgehead atoms. The van der Waals surface area contributed by atoms with Gasteiger partial charge in [0.25, 0.3) is 0 Å². The number of hydrogen-bond donors (Lipinski definition) is 1. The molecule has 134 valence electrons. The van der Waals surface area contributed by atoms with Gasteiger partial charge in [-0.05, 0) is 56.5 Å². The van der Waals surface area contributed by atoms with Crippen LogP contribution in [0.25, 0.3) is 0 Å². The predicted octanol–water partition coefficient (Wildman–Crippen LogP) is 2.37. The lowest BCUT2D eigenvalue weighted by Gasteiger charge is -2.09. The van der Waals surface area contributed by atoms with E-state index in [1.807, 2.05) is 0 Å². The number of ether oxygens (including phenoxy) is 2. The summed E-state index contributed by atoms with van der Waals surface area (Å²) in [6.07, 6.45) is 4.31. The van der Waals surface area contributed by atoms with Crippen LogP contribution < -0.4 is 10.1 Å². The molecule has 0 saturated carbocycles. The van der Waals surface area contributed by atoms with Gasteiger partial charge in [0.15, 0.2) is 6.61 Å². The third-order valence-electron chi connectivity index (χ3n) is 4.29. The van der Waals surface area contributed by atoms with Crippen molar-refractivity contribution >= 4 is 5.97 Å². The Balaban J connectivity index is 1.54. The van der Waals surface area contributed by atoms with E-state index in [9.17, 15) is 4.79 Å². The van der Waals surface area contributed by atoms with Gasteiger partial charge in [-0.2, -0.15) is 4.98 Å². The van der Waals surface area contributed by atoms with Crippen LogP contribution in [0.15, 0.2) is 28.8 Å². The number of nitrogens with one attached hydrogen (secondary N) is 1. The van der Waals surface area contributed by atoms with Crippen LogP contribution in [0.5, 0.6) is 5.75 Å². The first kappa shape index (κ1) is 17.4. The smallest absolute Gasteiger partial charge is 0.337 e. The molecule has 1 atom stereocenters. The molecule has 25 heavy (non-hydrogen) atoms. The molecule has 0 aliphatic carbocycles. The van der Waals surface area contributed by atoms with Crippen LogP contribution in [-0.4, -0.2) is 36.3 Å². The standard InChI is InChI=1S/C18H23N3O4/c1-23-18(22)14-5-2-6-15(11-14)24-12-16-20-17(25-21-16)10-13-4-3-8-19-9-7-13/h2,5-6,11,13,19H,3-4,7-10,12H2,1H3. The molecule has 1 unspecified atom stereocenters. The van der Waals surface area contributed by atoms with Gasteiger partial charge in [-0.1, -0.05) is 11.2 Å². The molecule has 0 spiro atoms. The number of methoxy groups -OCH3 is 1. The van der Waals surface area contributed by atoms with E-state index in [0.717, 1.165) is 25.9 Å². The summed E-state index contributed by atoms with van der Waals surface area (Å²) in [4.78, 5) is 15.9. The SMILES string of the molecule is COC(=O)c1cccc(OCc2noc(CC3CCCNCC3)n2)c1. The van der Waals surface area contributed by atoms with Crippen molar-refractivity contribution in [2.75, 3.05) is 20.2 Å². The highest BCUT2D eigenvalue weighted by atomic mass is 16.5. The van der Waals surface area contributed by atoms with Crippen LogP contribution in [0.1, 0.15) is 41.3 Å². The summed E-state index contributed by atoms with van der Waals surface area (Å²) >= 11 is 0. The fourth-order valence-corrected chi connectivity index (χ4v) is 2.95. The number of aromatic nitrogens is 2. The largest absolute Gasteiger partial charge is 0.485 e. The lowest BCUT2D eigenvalue weighted by molar-refractivity contribution is 0.0600. The summed E-state index contributed by atoms with van der Waals surface area (Å²) in [5.41, 5.74) is 0.441. The molecule has 0 radical (unpaired) electrons. The molecule has 3 rings (SSSR count). The highest BCUT2D eigenvalue weighted by molar-refractivity contribution is 5.89. The van der Waals surface area contributed by atoms with Crippen molar-refractivity contribution in [3.8, 4) is 5.75 Å². The molecule has 0 amide bonds. The maximum Gasteiger partial charge on any atom is 0.337 e. The summed E-state index contributed by atoms with van der Waals surface area (Å²) in [6.45, 7) is 2.33. The van der Waals surface area contributed by atoms with Crippen molar-refractivity contribution in [1.82, 2.24) is 15.5 Å². The van der Waals surface area contributed by atoms with Crippen LogP contribution in [0.3, 0.4) is 0 Å². The van der Waals surface area contributed by atoms with E-state index in [4.69, 9.17) is 14.0 Å². The summed E-state index contributed by atoms with van der Waals surface area (Å²) in [7, 11) is 1.35. The van der Waals surface area contributed by atoms with E-state index >= 15 is 0 Å². The zero-order valence-corrected chi connectivity index (χ0v) is 14.4. The maximum atomic E-state index is 11.5. The van der Waals surface area contributed by atoms with Crippen molar-refractivity contribution in [1.29, 1.82) is 0 Å². The Kier molecular flexibility index (Phi) is 6.00. The second-order valence-electron chi connectivity index (χ2n) is 6.16. The van der Waals surface area contributed by atoms with Crippen LogP contribution in [0.4, 0.5) is 0 Å². The van der Waals surface area contributed by atoms with E-state index < -0.39 is 5.97 Å². The topological polar surface area (TPSA) is 86.5 Å². The summed E-state index contributed by atoms with van der Waals surface area (Å²) < 4.78 is 15.7. The Morgan fingerprint density at radius 2 is 2.28 bits per heavy atom. The number of benzene rings is 1. The zero-order chi connectivity index (χ0) is 17.5. The fraction of sp³-hybridized carbons (Fsp3) is 0.500. The van der Waals surface area contributed by atoms with Crippen molar-refractivity contribution in [3.63, 3.8) is 0 Å². The van der Waals surface area contributed by atoms with Crippen LogP contribution in [-0.2, 0) is 17.8 Å². The summed E-state index contributed by atoms with van der Waals surface area (Å²) in [5.74, 6) is 1.91. The molecule has 1 aromatic heterocycles. The first-order valence-corrected chi connectivity index (χ1v) is 8.58. The van der Waals surface area contributed by atoms with Gasteiger partial charge in [0, 0.05) is 6.42 Å². The van der Waals surface area contributed by atoms with E-state index in [1.54, 1.807) is 24.3 Å². The van der Waals surface area contributed by atoms with E-state index in [2.05, 4.69) is 15.5 Å². The Bertz CT molecular complexity index is 693. The average molecular weight is 345 g/mol. The highest BCUT2D eigenvalue weighted by Gasteiger charge is 2.17. The summed E-state index contributed by atoms with van der Waals surface area (Å²) in [5, 5.41) is 7.38. The minimum atomic E-state index is -0.398. The lowest BCUT2D eigenvalue weighted by Crippen LogP contribution is -2.14. The molecule has 1 aliphatic rings. The van der Waals surface area contributed by atoms with E-state index in [1.165, 1.54) is 20.0 Å². The van der Waals surface area contributed by atoms with Crippen molar-refractivity contribution in [2.45, 2.75) is 32.3 Å². The predicted molar refractivity (Wildman–Crippen MR) is 90.3 cm³/mol. The maximum absolute atomic E-state index is 11.5. The molecule has 1 aliphatic heterocycles. The third kappa shape index (κ3) is 5.03. The van der Waals surface area contributed by atoms with E-state index in [0.29, 0.717) is 28.9 Å². The first-order valence-electron chi connectivity index (χ1n) is 8.58. The van der Waals surface area contributed by atoms with Gasteiger partial charge in [0.05, 0.1) is 12.7 Å². The summed E-state index contributed by atoms with van der Waals surface area (Å²) in [6, 6.07) is 6.81. The second-order valence-corrected chi connectivity index (χ2v) is 6.16. The lowest BCUT2D eigenvalue weighted by atomic mass is 9.97. The van der Waals surface area contributed by atoms with Crippen LogP contribution >= 0.6 is 0 Å².